The van der Waals surface area contributed by atoms with E-state index >= 15 is 0 Å². The van der Waals surface area contributed by atoms with Crippen molar-refractivity contribution in [2.24, 2.45) is 0 Å². The van der Waals surface area contributed by atoms with Crippen LogP contribution in [0.15, 0.2) is 84.9 Å². The summed E-state index contributed by atoms with van der Waals surface area (Å²) in [5.41, 5.74) is 7.31. The highest BCUT2D eigenvalue weighted by molar-refractivity contribution is 6.00. The number of carbonyl (C=O) groups excluding carboxylic acids is 2. The van der Waals surface area contributed by atoms with Crippen molar-refractivity contribution in [1.82, 2.24) is 10.2 Å². The lowest BCUT2D eigenvalue weighted by molar-refractivity contribution is -0.125. The summed E-state index contributed by atoms with van der Waals surface area (Å²) in [4.78, 5) is 27.5. The largest absolute Gasteiger partial charge is 0.355 e. The van der Waals surface area contributed by atoms with Gasteiger partial charge >= 0.3 is 0 Å². The first-order valence-electron chi connectivity index (χ1n) is 14.9. The molecule has 0 saturated heterocycles. The number of benzene rings is 3. The van der Waals surface area contributed by atoms with Gasteiger partial charge in [-0.2, -0.15) is 0 Å². The average molecular weight is 537 g/mol. The number of unbranched alkanes of at least 4 members (excludes halogenated alkanes) is 1. The number of carbonyl (C=O) groups is 2. The molecule has 1 aliphatic heterocycles. The minimum Gasteiger partial charge on any atom is -0.355 e. The zero-order valence-corrected chi connectivity index (χ0v) is 24.6. The van der Waals surface area contributed by atoms with Crippen LogP contribution < -0.4 is 5.32 Å². The number of fused-ring (bicyclic) bond motifs is 4. The Hall–Kier alpha value is -3.66. The quantitative estimate of drug-likeness (QED) is 0.266. The van der Waals surface area contributed by atoms with E-state index in [0.29, 0.717) is 0 Å². The van der Waals surface area contributed by atoms with Crippen LogP contribution >= 0.6 is 0 Å². The van der Waals surface area contributed by atoms with Gasteiger partial charge in [-0.1, -0.05) is 119 Å². The predicted octanol–water partition coefficient (Wildman–Crippen LogP) is 8.06. The molecule has 4 nitrogen and oxygen atoms in total. The Labute approximate surface area is 240 Å². The highest BCUT2D eigenvalue weighted by Crippen LogP contribution is 2.51. The number of hydrogen-bond donors (Lipinski definition) is 1. The standard InChI is InChI=1S/C21H25NO.C15H19NO/c1-3-5-14-21(20(23)22-15-4-2)18-12-8-6-10-16(18)17-11-7-9-13-19(17)21;1-4-7-14(11(2)3)16-10-12-8-5-6-9-13(12)15(16)17/h6-13H,3-5,14-15H2,1-2H3,(H,22,23);5-6,8-9,14H,2,4,7,10H2,1,3H3. The van der Waals surface area contributed by atoms with Crippen molar-refractivity contribution in [2.75, 3.05) is 6.54 Å². The summed E-state index contributed by atoms with van der Waals surface area (Å²) in [5.74, 6) is 0.312. The van der Waals surface area contributed by atoms with E-state index in [1.165, 1.54) is 22.3 Å². The Morgan fingerprint density at radius 3 is 1.98 bits per heavy atom. The highest BCUT2D eigenvalue weighted by Gasteiger charge is 2.48. The van der Waals surface area contributed by atoms with Crippen LogP contribution in [0.2, 0.25) is 0 Å². The Kier molecular flexibility index (Phi) is 9.63. The molecule has 5 rings (SSSR count). The van der Waals surface area contributed by atoms with Gasteiger partial charge in [0.15, 0.2) is 0 Å². The fourth-order valence-corrected chi connectivity index (χ4v) is 6.25. The minimum atomic E-state index is -0.529. The number of hydrogen-bond acceptors (Lipinski definition) is 2. The molecule has 3 aromatic carbocycles. The van der Waals surface area contributed by atoms with Crippen LogP contribution in [-0.4, -0.2) is 29.3 Å². The lowest BCUT2D eigenvalue weighted by Gasteiger charge is -2.31. The van der Waals surface area contributed by atoms with Crippen LogP contribution in [0.1, 0.15) is 93.3 Å². The van der Waals surface area contributed by atoms with Crippen LogP contribution in [0.25, 0.3) is 11.1 Å². The molecule has 0 bridgehead atoms. The molecule has 0 aromatic heterocycles. The van der Waals surface area contributed by atoms with E-state index in [-0.39, 0.29) is 17.9 Å². The van der Waals surface area contributed by atoms with Crippen LogP contribution in [-0.2, 0) is 16.8 Å². The van der Waals surface area contributed by atoms with Gasteiger partial charge in [-0.25, -0.2) is 0 Å². The first kappa shape index (κ1) is 29.3. The maximum Gasteiger partial charge on any atom is 0.255 e. The number of nitrogens with one attached hydrogen (secondary N) is 1. The first-order valence-corrected chi connectivity index (χ1v) is 14.9. The zero-order chi connectivity index (χ0) is 28.7. The SMILES string of the molecule is C=C(C)C(CCC)N1Cc2ccccc2C1=O.CCCCC1(C(=O)NCCC)c2ccccc2-c2ccccc21. The van der Waals surface area contributed by atoms with Gasteiger partial charge in [0.1, 0.15) is 5.41 Å². The smallest absolute Gasteiger partial charge is 0.255 e. The number of rotatable bonds is 10. The fraction of sp³-hybridized carbons (Fsp3) is 0.389. The lowest BCUT2D eigenvalue weighted by Crippen LogP contribution is -2.44. The van der Waals surface area contributed by atoms with Gasteiger partial charge in [-0.3, -0.25) is 9.59 Å². The molecule has 0 fully saturated rings. The van der Waals surface area contributed by atoms with Crippen LogP contribution in [0.3, 0.4) is 0 Å². The van der Waals surface area contributed by atoms with Crippen molar-refractivity contribution in [2.45, 2.75) is 84.2 Å². The molecule has 3 aromatic rings. The summed E-state index contributed by atoms with van der Waals surface area (Å²) in [7, 11) is 0. The molecule has 4 heteroatoms. The van der Waals surface area contributed by atoms with E-state index in [9.17, 15) is 9.59 Å². The maximum atomic E-state index is 13.2. The first-order chi connectivity index (χ1) is 19.4. The monoisotopic (exact) mass is 536 g/mol. The third-order valence-electron chi connectivity index (χ3n) is 8.25. The highest BCUT2D eigenvalue weighted by atomic mass is 16.2. The van der Waals surface area contributed by atoms with Crippen molar-refractivity contribution in [1.29, 1.82) is 0 Å². The van der Waals surface area contributed by atoms with E-state index in [1.807, 2.05) is 36.1 Å². The molecule has 0 radical (unpaired) electrons. The Balaban J connectivity index is 0.000000194. The van der Waals surface area contributed by atoms with Gasteiger partial charge < -0.3 is 10.2 Å². The summed E-state index contributed by atoms with van der Waals surface area (Å²) in [6.07, 6.45) is 6.02. The molecule has 0 spiro atoms. The second-order valence-electron chi connectivity index (χ2n) is 11.1. The van der Waals surface area contributed by atoms with Crippen LogP contribution in [0, 0.1) is 0 Å². The van der Waals surface area contributed by atoms with Crippen molar-refractivity contribution in [3.63, 3.8) is 0 Å². The number of nitrogens with zero attached hydrogens (tertiary/aromatic N) is 1. The average Bonchev–Trinajstić information content (AvgIpc) is 3.46. The minimum absolute atomic E-state index is 0.155. The predicted molar refractivity (Wildman–Crippen MR) is 165 cm³/mol. The molecular formula is C36H44N2O2. The fourth-order valence-electron chi connectivity index (χ4n) is 6.25. The molecular weight excluding hydrogens is 492 g/mol. The number of amides is 2. The van der Waals surface area contributed by atoms with Crippen molar-refractivity contribution in [3.05, 3.63) is 107 Å². The third kappa shape index (κ3) is 5.50. The van der Waals surface area contributed by atoms with Gasteiger partial charge in [0.25, 0.3) is 5.91 Å². The summed E-state index contributed by atoms with van der Waals surface area (Å²) < 4.78 is 0. The molecule has 1 unspecified atom stereocenters. The molecule has 1 heterocycles. The third-order valence-corrected chi connectivity index (χ3v) is 8.25. The molecule has 210 valence electrons. The Morgan fingerprint density at radius 1 is 0.875 bits per heavy atom. The topological polar surface area (TPSA) is 49.4 Å². The van der Waals surface area contributed by atoms with E-state index in [4.69, 9.17) is 0 Å². The van der Waals surface area contributed by atoms with E-state index in [0.717, 1.165) is 68.3 Å². The Bertz CT molecular complexity index is 1310. The van der Waals surface area contributed by atoms with Crippen molar-refractivity contribution in [3.8, 4) is 11.1 Å². The van der Waals surface area contributed by atoms with Gasteiger partial charge in [-0.05, 0) is 60.1 Å². The van der Waals surface area contributed by atoms with Crippen molar-refractivity contribution >= 4 is 11.8 Å². The molecule has 2 amide bonds. The maximum absolute atomic E-state index is 13.2. The summed E-state index contributed by atoms with van der Waals surface area (Å²) in [6.45, 7) is 13.9. The molecule has 1 atom stereocenters. The van der Waals surface area contributed by atoms with Crippen LogP contribution in [0.5, 0.6) is 0 Å². The molecule has 1 N–H and O–H groups in total. The van der Waals surface area contributed by atoms with E-state index in [1.54, 1.807) is 0 Å². The van der Waals surface area contributed by atoms with Crippen molar-refractivity contribution < 1.29 is 9.59 Å². The molecule has 0 saturated carbocycles. The van der Waals surface area contributed by atoms with Gasteiger partial charge in [0, 0.05) is 18.7 Å². The molecule has 40 heavy (non-hydrogen) atoms. The normalized spacial score (nSPS) is 14.9. The summed E-state index contributed by atoms with van der Waals surface area (Å²) >= 11 is 0. The summed E-state index contributed by atoms with van der Waals surface area (Å²) in [5, 5.41) is 3.17. The summed E-state index contributed by atoms with van der Waals surface area (Å²) in [6, 6.07) is 24.9. The zero-order valence-electron chi connectivity index (χ0n) is 24.6. The molecule has 2 aliphatic rings. The van der Waals surface area contributed by atoms with Gasteiger partial charge in [0.05, 0.1) is 6.04 Å². The lowest BCUT2D eigenvalue weighted by atomic mass is 9.73. The van der Waals surface area contributed by atoms with E-state index in [2.05, 4.69) is 81.2 Å². The van der Waals surface area contributed by atoms with Crippen LogP contribution in [0.4, 0.5) is 0 Å². The van der Waals surface area contributed by atoms with Gasteiger partial charge in [-0.15, -0.1) is 0 Å². The van der Waals surface area contributed by atoms with Gasteiger partial charge in [0.2, 0.25) is 5.91 Å². The second-order valence-corrected chi connectivity index (χ2v) is 11.1. The second kappa shape index (κ2) is 13.1. The van der Waals surface area contributed by atoms with E-state index < -0.39 is 5.41 Å². The molecule has 1 aliphatic carbocycles. The Morgan fingerprint density at radius 2 is 1.45 bits per heavy atom.